The van der Waals surface area contributed by atoms with Crippen molar-refractivity contribution in [2.24, 2.45) is 0 Å². The first kappa shape index (κ1) is 20.5. The van der Waals surface area contributed by atoms with E-state index in [1.165, 1.54) is 0 Å². The molecule has 33 heavy (non-hydrogen) atoms. The largest absolute Gasteiger partial charge is 0.493 e. The van der Waals surface area contributed by atoms with Crippen molar-refractivity contribution in [1.82, 2.24) is 14.7 Å². The summed E-state index contributed by atoms with van der Waals surface area (Å²) in [4.78, 5) is 17.8. The maximum absolute atomic E-state index is 13.2. The van der Waals surface area contributed by atoms with Gasteiger partial charge in [0.25, 0.3) is 11.4 Å². The van der Waals surface area contributed by atoms with Gasteiger partial charge in [0.15, 0.2) is 11.5 Å². The van der Waals surface area contributed by atoms with Crippen molar-refractivity contribution in [3.05, 3.63) is 89.3 Å². The van der Waals surface area contributed by atoms with E-state index in [0.29, 0.717) is 40.8 Å². The van der Waals surface area contributed by atoms with Crippen molar-refractivity contribution < 1.29 is 14.0 Å². The lowest BCUT2D eigenvalue weighted by Crippen LogP contribution is -2.18. The Morgan fingerprint density at radius 1 is 0.939 bits per heavy atom. The highest BCUT2D eigenvalue weighted by Gasteiger charge is 2.18. The fraction of sp³-hybridized carbons (Fsp3) is 0.115. The second-order valence-corrected chi connectivity index (χ2v) is 7.32. The van der Waals surface area contributed by atoms with Crippen LogP contribution in [-0.2, 0) is 0 Å². The van der Waals surface area contributed by atoms with Crippen molar-refractivity contribution in [3.8, 4) is 40.0 Å². The van der Waals surface area contributed by atoms with Crippen LogP contribution < -0.4 is 15.0 Å². The van der Waals surface area contributed by atoms with Gasteiger partial charge in [-0.15, -0.1) is 0 Å². The molecule has 5 rings (SSSR count). The Bertz CT molecular complexity index is 1490. The normalized spacial score (nSPS) is 11.0. The molecule has 0 saturated heterocycles. The smallest absolute Gasteiger partial charge is 0.262 e. The van der Waals surface area contributed by atoms with E-state index in [4.69, 9.17) is 14.0 Å². The van der Waals surface area contributed by atoms with E-state index in [1.807, 2.05) is 73.7 Å². The first-order valence-electron chi connectivity index (χ1n) is 10.5. The Hall–Kier alpha value is -4.39. The predicted octanol–water partition coefficient (Wildman–Crippen LogP) is 5.12. The zero-order valence-corrected chi connectivity index (χ0v) is 18.2. The molecular formula is C26H21N3O4. The fourth-order valence-corrected chi connectivity index (χ4v) is 3.77. The molecule has 0 spiro atoms. The molecule has 0 aliphatic rings. The van der Waals surface area contributed by atoms with Crippen LogP contribution in [0.1, 0.15) is 6.92 Å². The predicted molar refractivity (Wildman–Crippen MR) is 126 cm³/mol. The van der Waals surface area contributed by atoms with Crippen LogP contribution in [0.4, 0.5) is 0 Å². The van der Waals surface area contributed by atoms with Crippen molar-refractivity contribution in [3.63, 3.8) is 0 Å². The summed E-state index contributed by atoms with van der Waals surface area (Å²) in [6, 6.07) is 22.3. The number of methoxy groups -OCH3 is 1. The molecule has 0 atom stereocenters. The standard InChI is InChI=1S/C26H21N3O4/c1-3-32-22-14-13-17(15-23(22)31-2)24-27-25(33-28-24)21-16-29(18-9-5-4-6-10-18)26(30)20-12-8-7-11-19(20)21/h4-16H,3H2,1-2H3. The number of ether oxygens (including phenoxy) is 2. The number of nitrogens with zero attached hydrogens (tertiary/aromatic N) is 3. The zero-order valence-electron chi connectivity index (χ0n) is 18.2. The van der Waals surface area contributed by atoms with Crippen LogP contribution in [-0.4, -0.2) is 28.4 Å². The Morgan fingerprint density at radius 3 is 2.45 bits per heavy atom. The van der Waals surface area contributed by atoms with E-state index in [9.17, 15) is 4.79 Å². The van der Waals surface area contributed by atoms with Gasteiger partial charge in [-0.2, -0.15) is 4.98 Å². The molecule has 7 nitrogen and oxygen atoms in total. The van der Waals surface area contributed by atoms with Crippen LogP contribution in [0.25, 0.3) is 39.3 Å². The Balaban J connectivity index is 1.64. The first-order valence-corrected chi connectivity index (χ1v) is 10.5. The maximum Gasteiger partial charge on any atom is 0.262 e. The molecule has 0 saturated carbocycles. The van der Waals surface area contributed by atoms with Gasteiger partial charge in [0.05, 0.1) is 19.3 Å². The molecule has 0 aliphatic carbocycles. The summed E-state index contributed by atoms with van der Waals surface area (Å²) in [6.45, 7) is 2.45. The third-order valence-corrected chi connectivity index (χ3v) is 5.34. The lowest BCUT2D eigenvalue weighted by atomic mass is 10.1. The molecule has 0 N–H and O–H groups in total. The van der Waals surface area contributed by atoms with E-state index >= 15 is 0 Å². The molecule has 0 radical (unpaired) electrons. The molecule has 5 aromatic rings. The average Bonchev–Trinajstić information content (AvgIpc) is 3.35. The molecule has 0 fully saturated rings. The third kappa shape index (κ3) is 3.74. The van der Waals surface area contributed by atoms with Gasteiger partial charge in [-0.25, -0.2) is 0 Å². The molecule has 0 amide bonds. The number of aromatic nitrogens is 3. The Labute approximate surface area is 189 Å². The molecular weight excluding hydrogens is 418 g/mol. The van der Waals surface area contributed by atoms with Crippen LogP contribution in [0.3, 0.4) is 0 Å². The summed E-state index contributed by atoms with van der Waals surface area (Å²) in [6.07, 6.45) is 1.75. The molecule has 3 aromatic carbocycles. The van der Waals surface area contributed by atoms with Crippen molar-refractivity contribution in [2.45, 2.75) is 6.92 Å². The van der Waals surface area contributed by atoms with E-state index in [0.717, 1.165) is 16.6 Å². The van der Waals surface area contributed by atoms with Crippen LogP contribution in [0.5, 0.6) is 11.5 Å². The van der Waals surface area contributed by atoms with Gasteiger partial charge < -0.3 is 14.0 Å². The Kier molecular flexibility index (Phi) is 5.36. The molecule has 0 unspecified atom stereocenters. The van der Waals surface area contributed by atoms with Crippen LogP contribution in [0.15, 0.2) is 88.3 Å². The van der Waals surface area contributed by atoms with Gasteiger partial charge in [-0.3, -0.25) is 9.36 Å². The summed E-state index contributed by atoms with van der Waals surface area (Å²) in [5.74, 6) is 1.96. The molecule has 7 heteroatoms. The number of para-hydroxylation sites is 1. The first-order chi connectivity index (χ1) is 16.2. The molecule has 0 aliphatic heterocycles. The number of hydrogen-bond donors (Lipinski definition) is 0. The summed E-state index contributed by atoms with van der Waals surface area (Å²) in [5, 5.41) is 5.49. The van der Waals surface area contributed by atoms with Crippen LogP contribution in [0, 0.1) is 0 Å². The summed E-state index contributed by atoms with van der Waals surface area (Å²) in [5.41, 5.74) is 2.04. The minimum absolute atomic E-state index is 0.114. The topological polar surface area (TPSA) is 79.4 Å². The second kappa shape index (κ2) is 8.63. The second-order valence-electron chi connectivity index (χ2n) is 7.32. The minimum Gasteiger partial charge on any atom is -0.493 e. The van der Waals surface area contributed by atoms with Gasteiger partial charge in [-0.05, 0) is 43.3 Å². The monoisotopic (exact) mass is 439 g/mol. The van der Waals surface area contributed by atoms with E-state index in [2.05, 4.69) is 10.1 Å². The van der Waals surface area contributed by atoms with Gasteiger partial charge in [0.2, 0.25) is 5.82 Å². The summed E-state index contributed by atoms with van der Waals surface area (Å²) >= 11 is 0. The van der Waals surface area contributed by atoms with Gasteiger partial charge in [0, 0.05) is 28.2 Å². The van der Waals surface area contributed by atoms with Crippen LogP contribution in [0.2, 0.25) is 0 Å². The fourth-order valence-electron chi connectivity index (χ4n) is 3.77. The molecule has 164 valence electrons. The highest BCUT2D eigenvalue weighted by atomic mass is 16.5. The maximum atomic E-state index is 13.2. The zero-order chi connectivity index (χ0) is 22.8. The lowest BCUT2D eigenvalue weighted by Gasteiger charge is -2.10. The molecule has 0 bridgehead atoms. The Morgan fingerprint density at radius 2 is 1.70 bits per heavy atom. The lowest BCUT2D eigenvalue weighted by molar-refractivity contribution is 0.311. The number of rotatable bonds is 6. The van der Waals surface area contributed by atoms with E-state index in [1.54, 1.807) is 23.9 Å². The average molecular weight is 439 g/mol. The van der Waals surface area contributed by atoms with Crippen molar-refractivity contribution in [2.75, 3.05) is 13.7 Å². The van der Waals surface area contributed by atoms with Crippen molar-refractivity contribution >= 4 is 10.8 Å². The summed E-state index contributed by atoms with van der Waals surface area (Å²) in [7, 11) is 1.59. The number of pyridine rings is 1. The van der Waals surface area contributed by atoms with Crippen LogP contribution >= 0.6 is 0 Å². The number of hydrogen-bond acceptors (Lipinski definition) is 6. The summed E-state index contributed by atoms with van der Waals surface area (Å²) < 4.78 is 18.3. The minimum atomic E-state index is -0.114. The van der Waals surface area contributed by atoms with Gasteiger partial charge in [-0.1, -0.05) is 41.6 Å². The SMILES string of the molecule is CCOc1ccc(-c2noc(-c3cn(-c4ccccc4)c(=O)c4ccccc34)n2)cc1OC. The van der Waals surface area contributed by atoms with Gasteiger partial charge in [0.1, 0.15) is 0 Å². The van der Waals surface area contributed by atoms with Gasteiger partial charge >= 0.3 is 0 Å². The highest BCUT2D eigenvalue weighted by molar-refractivity contribution is 5.94. The van der Waals surface area contributed by atoms with E-state index < -0.39 is 0 Å². The molecule has 2 heterocycles. The molecule has 2 aromatic heterocycles. The highest BCUT2D eigenvalue weighted by Crippen LogP contribution is 2.33. The van der Waals surface area contributed by atoms with E-state index in [-0.39, 0.29) is 5.56 Å². The van der Waals surface area contributed by atoms with Crippen molar-refractivity contribution in [1.29, 1.82) is 0 Å². The number of fused-ring (bicyclic) bond motifs is 1. The number of benzene rings is 3. The quantitative estimate of drug-likeness (QED) is 0.366. The third-order valence-electron chi connectivity index (χ3n) is 5.34.